The molecule has 0 aromatic rings. The Morgan fingerprint density at radius 1 is 1.53 bits per heavy atom. The van der Waals surface area contributed by atoms with E-state index in [2.05, 4.69) is 4.72 Å². The Morgan fingerprint density at radius 3 is 2.67 bits per heavy atom. The fraction of sp³-hybridized carbons (Fsp3) is 0.600. The van der Waals surface area contributed by atoms with Gasteiger partial charge in [0.15, 0.2) is 0 Å². The molecule has 0 aromatic carbocycles. The van der Waals surface area contributed by atoms with E-state index >= 15 is 0 Å². The molecule has 4 nitrogen and oxygen atoms in total. The molecular formula is C10H18N2O2S. The van der Waals surface area contributed by atoms with Crippen LogP contribution in [0.4, 0.5) is 0 Å². The minimum Gasteiger partial charge on any atom is -0.398 e. The minimum atomic E-state index is -3.41. The lowest BCUT2D eigenvalue weighted by Crippen LogP contribution is -2.33. The highest BCUT2D eigenvalue weighted by Crippen LogP contribution is 2.24. The molecule has 0 aliphatic heterocycles. The van der Waals surface area contributed by atoms with Crippen molar-refractivity contribution in [2.24, 2.45) is 11.7 Å². The number of nitrogens with two attached hydrogens (primary N) is 1. The van der Waals surface area contributed by atoms with Crippen LogP contribution < -0.4 is 10.5 Å². The van der Waals surface area contributed by atoms with Gasteiger partial charge in [-0.2, -0.15) is 0 Å². The van der Waals surface area contributed by atoms with Crippen LogP contribution in [0.3, 0.4) is 0 Å². The highest BCUT2D eigenvalue weighted by molar-refractivity contribution is 7.93. The number of sulfonamides is 1. The first-order valence-electron chi connectivity index (χ1n) is 5.02. The molecule has 3 N–H and O–H groups in total. The van der Waals surface area contributed by atoms with E-state index in [-0.39, 0.29) is 12.0 Å². The molecule has 0 saturated carbocycles. The number of nitrogens with one attached hydrogen (secondary N) is 1. The van der Waals surface area contributed by atoms with Gasteiger partial charge in [-0.15, -0.1) is 0 Å². The van der Waals surface area contributed by atoms with E-state index in [4.69, 9.17) is 5.73 Å². The summed E-state index contributed by atoms with van der Waals surface area (Å²) >= 11 is 0. The molecule has 0 fully saturated rings. The van der Waals surface area contributed by atoms with Gasteiger partial charge in [-0.3, -0.25) is 0 Å². The summed E-state index contributed by atoms with van der Waals surface area (Å²) < 4.78 is 26.3. The van der Waals surface area contributed by atoms with Gasteiger partial charge in [0.25, 0.3) is 0 Å². The van der Waals surface area contributed by atoms with Gasteiger partial charge in [0, 0.05) is 11.7 Å². The Morgan fingerprint density at radius 2 is 2.13 bits per heavy atom. The second-order valence-electron chi connectivity index (χ2n) is 4.20. The molecule has 0 radical (unpaired) electrons. The van der Waals surface area contributed by atoms with Crippen molar-refractivity contribution in [2.45, 2.75) is 33.2 Å². The van der Waals surface area contributed by atoms with Crippen LogP contribution in [0.5, 0.6) is 0 Å². The second-order valence-corrected chi connectivity index (χ2v) is 5.93. The van der Waals surface area contributed by atoms with E-state index in [1.54, 1.807) is 19.9 Å². The van der Waals surface area contributed by atoms with Crippen molar-refractivity contribution in [1.82, 2.24) is 4.72 Å². The molecule has 1 atom stereocenters. The zero-order valence-corrected chi connectivity index (χ0v) is 10.1. The van der Waals surface area contributed by atoms with E-state index in [0.29, 0.717) is 17.0 Å². The normalized spacial score (nSPS) is 22.5. The second kappa shape index (κ2) is 4.37. The third-order valence-corrected chi connectivity index (χ3v) is 3.98. The van der Waals surface area contributed by atoms with Crippen molar-refractivity contribution in [3.63, 3.8) is 0 Å². The van der Waals surface area contributed by atoms with Gasteiger partial charge in [0.1, 0.15) is 0 Å². The minimum absolute atomic E-state index is 0.114. The van der Waals surface area contributed by atoms with Crippen LogP contribution in [0, 0.1) is 5.92 Å². The highest BCUT2D eigenvalue weighted by atomic mass is 32.2. The Bertz CT molecular complexity index is 394. The Kier molecular flexibility index (Phi) is 3.57. The smallest absolute Gasteiger partial charge is 0.238 e. The molecule has 1 aliphatic carbocycles. The molecular weight excluding hydrogens is 212 g/mol. The first-order chi connectivity index (χ1) is 6.83. The average Bonchev–Trinajstić information content (AvgIpc) is 2.06. The van der Waals surface area contributed by atoms with Crippen LogP contribution >= 0.6 is 0 Å². The fourth-order valence-corrected chi connectivity index (χ4v) is 3.11. The lowest BCUT2D eigenvalue weighted by atomic mass is 10.0. The molecule has 1 aliphatic rings. The Labute approximate surface area is 91.3 Å². The molecule has 0 spiro atoms. The lowest BCUT2D eigenvalue weighted by Gasteiger charge is -2.19. The first-order valence-corrected chi connectivity index (χ1v) is 6.50. The molecule has 0 heterocycles. The topological polar surface area (TPSA) is 72.2 Å². The fourth-order valence-electron chi connectivity index (χ4n) is 1.49. The summed E-state index contributed by atoms with van der Waals surface area (Å²) in [6, 6.07) is -0.114. The van der Waals surface area contributed by atoms with Gasteiger partial charge in [-0.1, -0.05) is 13.0 Å². The Hall–Kier alpha value is -0.810. The van der Waals surface area contributed by atoms with E-state index in [1.165, 1.54) is 0 Å². The van der Waals surface area contributed by atoms with Gasteiger partial charge in [0.05, 0.1) is 4.91 Å². The molecule has 5 heteroatoms. The van der Waals surface area contributed by atoms with E-state index in [0.717, 1.165) is 0 Å². The van der Waals surface area contributed by atoms with Gasteiger partial charge in [-0.25, -0.2) is 13.1 Å². The number of hydrogen-bond acceptors (Lipinski definition) is 3. The molecule has 0 saturated heterocycles. The molecule has 1 rings (SSSR count). The van der Waals surface area contributed by atoms with Gasteiger partial charge >= 0.3 is 0 Å². The zero-order valence-electron chi connectivity index (χ0n) is 9.32. The van der Waals surface area contributed by atoms with Crippen LogP contribution in [0.1, 0.15) is 27.2 Å². The van der Waals surface area contributed by atoms with Crippen LogP contribution in [-0.4, -0.2) is 14.5 Å². The van der Waals surface area contributed by atoms with Crippen molar-refractivity contribution in [2.75, 3.05) is 0 Å². The summed E-state index contributed by atoms with van der Waals surface area (Å²) in [7, 11) is -3.41. The standard InChI is InChI=1S/C10H18N2O2S/c1-7(2)12-15(13,14)10-6-8(3)4-5-9(10)11/h4-5,7-8,12H,6,11H2,1-3H3. The van der Waals surface area contributed by atoms with Crippen LogP contribution in [0.15, 0.2) is 22.8 Å². The van der Waals surface area contributed by atoms with Crippen LogP contribution in [0.25, 0.3) is 0 Å². The van der Waals surface area contributed by atoms with Crippen molar-refractivity contribution in [1.29, 1.82) is 0 Å². The molecule has 86 valence electrons. The maximum absolute atomic E-state index is 11.9. The van der Waals surface area contributed by atoms with Crippen molar-refractivity contribution < 1.29 is 8.42 Å². The SMILES string of the molecule is CC1C=CC(N)=C(S(=O)(=O)NC(C)C)C1. The van der Waals surface area contributed by atoms with Crippen LogP contribution in [-0.2, 0) is 10.0 Å². The third-order valence-electron chi connectivity index (χ3n) is 2.15. The van der Waals surface area contributed by atoms with Crippen molar-refractivity contribution in [3.8, 4) is 0 Å². The van der Waals surface area contributed by atoms with Gasteiger partial charge in [-0.05, 0) is 32.3 Å². The summed E-state index contributed by atoms with van der Waals surface area (Å²) in [6.07, 6.45) is 4.07. The number of hydrogen-bond donors (Lipinski definition) is 2. The average molecular weight is 230 g/mol. The first kappa shape index (κ1) is 12.3. The van der Waals surface area contributed by atoms with Crippen LogP contribution in [0.2, 0.25) is 0 Å². The molecule has 0 bridgehead atoms. The molecule has 1 unspecified atom stereocenters. The summed E-state index contributed by atoms with van der Waals surface area (Å²) in [6.45, 7) is 5.54. The largest absolute Gasteiger partial charge is 0.398 e. The number of allylic oxidation sites excluding steroid dienone is 3. The van der Waals surface area contributed by atoms with Gasteiger partial charge < -0.3 is 5.73 Å². The molecule has 0 amide bonds. The summed E-state index contributed by atoms with van der Waals surface area (Å²) in [4.78, 5) is 0.311. The van der Waals surface area contributed by atoms with Crippen molar-refractivity contribution in [3.05, 3.63) is 22.8 Å². The van der Waals surface area contributed by atoms with E-state index in [9.17, 15) is 8.42 Å². The van der Waals surface area contributed by atoms with E-state index < -0.39 is 10.0 Å². The monoisotopic (exact) mass is 230 g/mol. The Balaban J connectivity index is 3.01. The maximum atomic E-state index is 11.9. The molecule has 15 heavy (non-hydrogen) atoms. The molecule has 0 aromatic heterocycles. The summed E-state index contributed by atoms with van der Waals surface area (Å²) in [5.74, 6) is 0.219. The van der Waals surface area contributed by atoms with Gasteiger partial charge in [0.2, 0.25) is 10.0 Å². The number of rotatable bonds is 3. The zero-order chi connectivity index (χ0) is 11.6. The predicted molar refractivity (Wildman–Crippen MR) is 61.3 cm³/mol. The quantitative estimate of drug-likeness (QED) is 0.762. The highest BCUT2D eigenvalue weighted by Gasteiger charge is 2.24. The van der Waals surface area contributed by atoms with E-state index in [1.807, 2.05) is 13.0 Å². The van der Waals surface area contributed by atoms with Crippen molar-refractivity contribution >= 4 is 10.0 Å². The summed E-state index contributed by atoms with van der Waals surface area (Å²) in [5.41, 5.74) is 6.03. The lowest BCUT2D eigenvalue weighted by molar-refractivity contribution is 0.569. The predicted octanol–water partition coefficient (Wildman–Crippen LogP) is 1.08. The maximum Gasteiger partial charge on any atom is 0.238 e. The third kappa shape index (κ3) is 3.07. The summed E-state index contributed by atoms with van der Waals surface area (Å²) in [5, 5.41) is 0.